The molecule has 0 spiro atoms. The van der Waals surface area contributed by atoms with E-state index >= 15 is 0 Å². The molecule has 0 atom stereocenters. The van der Waals surface area contributed by atoms with Crippen molar-refractivity contribution in [3.05, 3.63) is 28.3 Å². The monoisotopic (exact) mass is 295 g/mol. The van der Waals surface area contributed by atoms with Crippen LogP contribution in [-0.2, 0) is 0 Å². The molecule has 1 aromatic carbocycles. The van der Waals surface area contributed by atoms with Crippen LogP contribution in [0.4, 0.5) is 11.4 Å². The van der Waals surface area contributed by atoms with Crippen molar-refractivity contribution in [1.29, 1.82) is 0 Å². The van der Waals surface area contributed by atoms with Gasteiger partial charge in [-0.2, -0.15) is 0 Å². The normalized spacial score (nSPS) is 15.6. The highest BCUT2D eigenvalue weighted by Crippen LogP contribution is 2.28. The van der Waals surface area contributed by atoms with Crippen molar-refractivity contribution in [3.63, 3.8) is 0 Å². The molecule has 0 bridgehead atoms. The number of nitrogens with zero attached hydrogens (tertiary/aromatic N) is 1. The summed E-state index contributed by atoms with van der Waals surface area (Å²) in [4.78, 5) is 10.1. The molecule has 1 aromatic rings. The minimum absolute atomic E-state index is 0.338. The van der Waals surface area contributed by atoms with Crippen LogP contribution in [0.1, 0.15) is 32.1 Å². The van der Waals surface area contributed by atoms with Gasteiger partial charge in [-0.15, -0.1) is 0 Å². The average molecular weight is 295 g/mol. The lowest BCUT2D eigenvalue weighted by atomic mass is 9.96. The minimum atomic E-state index is -0.627. The van der Waals surface area contributed by atoms with E-state index in [0.29, 0.717) is 16.8 Å². The zero-order chi connectivity index (χ0) is 14.5. The summed E-state index contributed by atoms with van der Waals surface area (Å²) in [6.45, 7) is 0. The lowest BCUT2D eigenvalue weighted by molar-refractivity contribution is -0.385. The van der Waals surface area contributed by atoms with Gasteiger partial charge in [0.2, 0.25) is 0 Å². The van der Waals surface area contributed by atoms with Crippen molar-refractivity contribution >= 4 is 28.7 Å². The van der Waals surface area contributed by atoms with Gasteiger partial charge in [-0.25, -0.2) is 0 Å². The fraction of sp³-hybridized carbons (Fsp3) is 0.462. The van der Waals surface area contributed by atoms with Crippen LogP contribution in [0.3, 0.4) is 0 Å². The molecule has 0 aromatic heterocycles. The Bertz CT molecular complexity index is 516. The Kier molecular flexibility index (Phi) is 4.73. The van der Waals surface area contributed by atoms with Gasteiger partial charge >= 0.3 is 5.69 Å². The molecule has 0 aliphatic heterocycles. The largest absolute Gasteiger partial charge is 0.502 e. The van der Waals surface area contributed by atoms with Gasteiger partial charge in [-0.3, -0.25) is 10.1 Å². The molecule has 0 heterocycles. The molecular weight excluding hydrogens is 278 g/mol. The van der Waals surface area contributed by atoms with E-state index in [9.17, 15) is 15.2 Å². The van der Waals surface area contributed by atoms with E-state index in [-0.39, 0.29) is 11.4 Å². The zero-order valence-corrected chi connectivity index (χ0v) is 11.8. The van der Waals surface area contributed by atoms with Gasteiger partial charge in [0.05, 0.1) is 4.92 Å². The van der Waals surface area contributed by atoms with E-state index in [0.717, 1.165) is 12.8 Å². The maximum atomic E-state index is 10.7. The third-order valence-corrected chi connectivity index (χ3v) is 3.59. The summed E-state index contributed by atoms with van der Waals surface area (Å²) in [5.41, 5.74) is 0.151. The number of benzene rings is 1. The lowest BCUT2D eigenvalue weighted by Crippen LogP contribution is -2.38. The minimum Gasteiger partial charge on any atom is -0.502 e. The van der Waals surface area contributed by atoms with Gasteiger partial charge in [-0.05, 0) is 37.2 Å². The van der Waals surface area contributed by atoms with Crippen LogP contribution in [0.5, 0.6) is 5.75 Å². The quantitative estimate of drug-likeness (QED) is 0.344. The highest BCUT2D eigenvalue weighted by molar-refractivity contribution is 7.80. The number of anilines is 1. The molecular formula is C13H17N3O3S. The van der Waals surface area contributed by atoms with Crippen LogP contribution in [0, 0.1) is 10.1 Å². The van der Waals surface area contributed by atoms with E-state index in [2.05, 4.69) is 10.6 Å². The van der Waals surface area contributed by atoms with E-state index in [1.54, 1.807) is 6.07 Å². The second-order valence-electron chi connectivity index (χ2n) is 4.89. The van der Waals surface area contributed by atoms with Crippen molar-refractivity contribution in [2.24, 2.45) is 0 Å². The van der Waals surface area contributed by atoms with Crippen LogP contribution >= 0.6 is 12.2 Å². The van der Waals surface area contributed by atoms with Crippen LogP contribution < -0.4 is 10.6 Å². The summed E-state index contributed by atoms with van der Waals surface area (Å²) in [5, 5.41) is 26.7. The molecule has 0 radical (unpaired) electrons. The van der Waals surface area contributed by atoms with Crippen LogP contribution in [0.2, 0.25) is 0 Å². The van der Waals surface area contributed by atoms with Crippen molar-refractivity contribution in [2.45, 2.75) is 38.1 Å². The standard InChI is InChI=1S/C13H17N3O3S/c17-12-7-6-10(8-11(12)16(18)19)15-13(20)14-9-4-2-1-3-5-9/h6-9,17H,1-5H2,(H2,14,15,20). The Labute approximate surface area is 122 Å². The van der Waals surface area contributed by atoms with Gasteiger partial charge in [0.1, 0.15) is 0 Å². The molecule has 0 unspecified atom stereocenters. The molecule has 1 saturated carbocycles. The predicted octanol–water partition coefficient (Wildman–Crippen LogP) is 2.92. The zero-order valence-electron chi connectivity index (χ0n) is 11.0. The molecule has 20 heavy (non-hydrogen) atoms. The highest BCUT2D eigenvalue weighted by atomic mass is 32.1. The fourth-order valence-corrected chi connectivity index (χ4v) is 2.63. The van der Waals surface area contributed by atoms with Gasteiger partial charge < -0.3 is 15.7 Å². The Balaban J connectivity index is 1.96. The second kappa shape index (κ2) is 6.51. The van der Waals surface area contributed by atoms with E-state index < -0.39 is 4.92 Å². The molecule has 2 rings (SSSR count). The van der Waals surface area contributed by atoms with Crippen LogP contribution in [-0.4, -0.2) is 21.2 Å². The summed E-state index contributed by atoms with van der Waals surface area (Å²) in [6, 6.07) is 4.47. The molecule has 7 heteroatoms. The van der Waals surface area contributed by atoms with E-state index in [4.69, 9.17) is 12.2 Å². The van der Waals surface area contributed by atoms with Gasteiger partial charge in [-0.1, -0.05) is 19.3 Å². The predicted molar refractivity (Wildman–Crippen MR) is 81.0 cm³/mol. The Morgan fingerprint density at radius 1 is 1.35 bits per heavy atom. The molecule has 0 amide bonds. The third kappa shape index (κ3) is 3.80. The van der Waals surface area contributed by atoms with Gasteiger partial charge in [0, 0.05) is 17.8 Å². The van der Waals surface area contributed by atoms with Gasteiger partial charge in [0.15, 0.2) is 10.9 Å². The maximum absolute atomic E-state index is 10.7. The third-order valence-electron chi connectivity index (χ3n) is 3.37. The van der Waals surface area contributed by atoms with Crippen molar-refractivity contribution in [1.82, 2.24) is 5.32 Å². The SMILES string of the molecule is O=[N+]([O-])c1cc(NC(=S)NC2CCCCC2)ccc1O. The van der Waals surface area contributed by atoms with Crippen molar-refractivity contribution in [3.8, 4) is 5.75 Å². The van der Waals surface area contributed by atoms with Gasteiger partial charge in [0.25, 0.3) is 0 Å². The van der Waals surface area contributed by atoms with Crippen molar-refractivity contribution < 1.29 is 10.0 Å². The summed E-state index contributed by atoms with van der Waals surface area (Å²) >= 11 is 5.20. The number of phenols is 1. The maximum Gasteiger partial charge on any atom is 0.312 e. The first-order valence-corrected chi connectivity index (χ1v) is 7.02. The molecule has 3 N–H and O–H groups in total. The number of nitro groups is 1. The molecule has 6 nitrogen and oxygen atoms in total. The summed E-state index contributed by atoms with van der Waals surface area (Å²) in [5.74, 6) is -0.355. The Morgan fingerprint density at radius 3 is 2.70 bits per heavy atom. The number of thiocarbonyl (C=S) groups is 1. The van der Waals surface area contributed by atoms with E-state index in [1.807, 2.05) is 0 Å². The average Bonchev–Trinajstić information content (AvgIpc) is 2.41. The highest BCUT2D eigenvalue weighted by Gasteiger charge is 2.16. The smallest absolute Gasteiger partial charge is 0.312 e. The molecule has 108 valence electrons. The molecule has 1 fully saturated rings. The first kappa shape index (κ1) is 14.5. The molecule has 1 aliphatic carbocycles. The van der Waals surface area contributed by atoms with Crippen LogP contribution in [0.25, 0.3) is 0 Å². The number of nitrogens with one attached hydrogen (secondary N) is 2. The van der Waals surface area contributed by atoms with E-state index in [1.165, 1.54) is 31.4 Å². The number of nitro benzene ring substituents is 1. The number of rotatable bonds is 3. The van der Waals surface area contributed by atoms with Crippen LogP contribution in [0.15, 0.2) is 18.2 Å². The summed E-state index contributed by atoms with van der Waals surface area (Å²) < 4.78 is 0. The summed E-state index contributed by atoms with van der Waals surface area (Å²) in [7, 11) is 0. The van der Waals surface area contributed by atoms with Crippen molar-refractivity contribution in [2.75, 3.05) is 5.32 Å². The molecule has 0 saturated heterocycles. The topological polar surface area (TPSA) is 87.4 Å². The first-order chi connectivity index (χ1) is 9.56. The Hall–Kier alpha value is -1.89. The Morgan fingerprint density at radius 2 is 2.05 bits per heavy atom. The number of hydrogen-bond acceptors (Lipinski definition) is 4. The lowest BCUT2D eigenvalue weighted by Gasteiger charge is -2.24. The number of phenolic OH excluding ortho intramolecular Hbond substituents is 1. The second-order valence-corrected chi connectivity index (χ2v) is 5.30. The number of hydrogen-bond donors (Lipinski definition) is 3. The summed E-state index contributed by atoms with van der Waals surface area (Å²) in [6.07, 6.45) is 5.85. The first-order valence-electron chi connectivity index (χ1n) is 6.61. The number of aromatic hydroxyl groups is 1. The molecule has 1 aliphatic rings. The fourth-order valence-electron chi connectivity index (χ4n) is 2.35.